The van der Waals surface area contributed by atoms with Gasteiger partial charge in [-0.3, -0.25) is 4.98 Å². The molecule has 0 radical (unpaired) electrons. The van der Waals surface area contributed by atoms with Gasteiger partial charge in [0.2, 0.25) is 5.82 Å². The van der Waals surface area contributed by atoms with E-state index in [1.165, 1.54) is 44.9 Å². The lowest BCUT2D eigenvalue weighted by molar-refractivity contribution is 0.0684. The second kappa shape index (κ2) is 9.55. The van der Waals surface area contributed by atoms with Gasteiger partial charge in [-0.1, -0.05) is 26.2 Å². The maximum absolute atomic E-state index is 11.9. The average Bonchev–Trinajstić information content (AvgIpc) is 3.14. The lowest BCUT2D eigenvalue weighted by atomic mass is 9.80. The normalized spacial score (nSPS) is 21.6. The van der Waals surface area contributed by atoms with Crippen molar-refractivity contribution >= 4 is 23.0 Å². The van der Waals surface area contributed by atoms with Crippen LogP contribution in [0.2, 0.25) is 0 Å². The number of aromatic carboxylic acids is 1. The van der Waals surface area contributed by atoms with Crippen LogP contribution in [0.5, 0.6) is 0 Å². The van der Waals surface area contributed by atoms with Crippen molar-refractivity contribution in [3.63, 3.8) is 0 Å². The van der Waals surface area contributed by atoms with E-state index in [4.69, 9.17) is 9.97 Å². The van der Waals surface area contributed by atoms with Crippen molar-refractivity contribution in [1.29, 1.82) is 0 Å². The predicted molar refractivity (Wildman–Crippen MR) is 137 cm³/mol. The zero-order chi connectivity index (χ0) is 24.7. The number of carboxylic acids is 1. The maximum atomic E-state index is 11.9. The number of nitrogens with zero attached hydrogens (tertiary/aromatic N) is 5. The van der Waals surface area contributed by atoms with Crippen LogP contribution in [-0.2, 0) is 6.54 Å². The fourth-order valence-corrected chi connectivity index (χ4v) is 5.40. The Morgan fingerprint density at radius 3 is 2.49 bits per heavy atom. The van der Waals surface area contributed by atoms with Crippen LogP contribution in [0.25, 0.3) is 22.7 Å². The SMILES string of the molecule is Cc1cnc(-c2nc3nc(C(=O)O)nc(N[C@H](C)C4CCC4)c3n2CC2CCC(C)CC2)cc1C. The van der Waals surface area contributed by atoms with E-state index in [-0.39, 0.29) is 11.9 Å². The Hall–Kier alpha value is -3.03. The molecule has 3 heterocycles. The van der Waals surface area contributed by atoms with Gasteiger partial charge in [-0.15, -0.1) is 0 Å². The first kappa shape index (κ1) is 23.7. The van der Waals surface area contributed by atoms with Crippen molar-refractivity contribution in [2.24, 2.45) is 17.8 Å². The molecule has 0 unspecified atom stereocenters. The van der Waals surface area contributed by atoms with E-state index in [0.29, 0.717) is 23.3 Å². The van der Waals surface area contributed by atoms with E-state index in [9.17, 15) is 9.90 Å². The number of fused-ring (bicyclic) bond motifs is 1. The van der Waals surface area contributed by atoms with E-state index >= 15 is 0 Å². The van der Waals surface area contributed by atoms with E-state index in [2.05, 4.69) is 46.7 Å². The minimum atomic E-state index is -1.15. The van der Waals surface area contributed by atoms with Crippen LogP contribution in [0.4, 0.5) is 5.82 Å². The number of hydrogen-bond donors (Lipinski definition) is 2. The number of carboxylic acid groups (broad SMARTS) is 1. The summed E-state index contributed by atoms with van der Waals surface area (Å²) in [6.45, 7) is 9.42. The molecule has 0 amide bonds. The summed E-state index contributed by atoms with van der Waals surface area (Å²) in [5.74, 6) is 1.81. The molecule has 3 aromatic rings. The van der Waals surface area contributed by atoms with Crippen molar-refractivity contribution in [3.05, 3.63) is 29.2 Å². The molecule has 2 aliphatic carbocycles. The molecular formula is C27H36N6O2. The lowest BCUT2D eigenvalue weighted by Gasteiger charge is -2.32. The van der Waals surface area contributed by atoms with Crippen LogP contribution >= 0.6 is 0 Å². The molecule has 0 spiro atoms. The maximum Gasteiger partial charge on any atom is 0.374 e. The molecule has 5 rings (SSSR count). The van der Waals surface area contributed by atoms with Crippen LogP contribution in [0.3, 0.4) is 0 Å². The molecule has 2 fully saturated rings. The molecule has 8 heteroatoms. The van der Waals surface area contributed by atoms with Crippen molar-refractivity contribution in [2.75, 3.05) is 5.32 Å². The van der Waals surface area contributed by atoms with Gasteiger partial charge in [-0.2, -0.15) is 0 Å². The van der Waals surface area contributed by atoms with Crippen LogP contribution in [0, 0.1) is 31.6 Å². The largest absolute Gasteiger partial charge is 0.475 e. The molecule has 3 aromatic heterocycles. The number of rotatable bonds is 7. The third kappa shape index (κ3) is 4.75. The van der Waals surface area contributed by atoms with Crippen LogP contribution in [-0.4, -0.2) is 41.6 Å². The number of aryl methyl sites for hydroxylation is 2. The summed E-state index contributed by atoms with van der Waals surface area (Å²) in [5, 5.41) is 13.3. The Morgan fingerprint density at radius 1 is 1.11 bits per heavy atom. The van der Waals surface area contributed by atoms with Crippen molar-refractivity contribution in [2.45, 2.75) is 85.2 Å². The number of pyridine rings is 1. The first-order chi connectivity index (χ1) is 16.8. The molecule has 0 aromatic carbocycles. The highest BCUT2D eigenvalue weighted by molar-refractivity contribution is 5.92. The summed E-state index contributed by atoms with van der Waals surface area (Å²) < 4.78 is 2.20. The average molecular weight is 477 g/mol. The summed E-state index contributed by atoms with van der Waals surface area (Å²) >= 11 is 0. The zero-order valence-electron chi connectivity index (χ0n) is 21.2. The molecule has 0 saturated heterocycles. The van der Waals surface area contributed by atoms with Crippen molar-refractivity contribution in [3.8, 4) is 11.5 Å². The standard InChI is InChI=1S/C27H36N6O2/c1-15-8-10-19(11-9-15)14-33-22-23(29-18(4)20-6-5-7-20)30-25(27(34)35)31-24(22)32-26(33)21-12-16(2)17(3)13-28-21/h12-13,15,18-20H,5-11,14H2,1-4H3,(H,34,35)(H,29,30,31)/t15?,18-,19?/m1/s1. The smallest absolute Gasteiger partial charge is 0.374 e. The number of carbonyl (C=O) groups is 1. The second-order valence-electron chi connectivity index (χ2n) is 10.8. The Morgan fingerprint density at radius 2 is 1.86 bits per heavy atom. The third-order valence-corrected chi connectivity index (χ3v) is 8.19. The van der Waals surface area contributed by atoms with Gasteiger partial charge in [0.1, 0.15) is 11.2 Å². The van der Waals surface area contributed by atoms with E-state index in [0.717, 1.165) is 40.6 Å². The first-order valence-corrected chi connectivity index (χ1v) is 13.0. The van der Waals surface area contributed by atoms with Crippen molar-refractivity contribution < 1.29 is 9.90 Å². The highest BCUT2D eigenvalue weighted by Gasteiger charge is 2.29. The molecule has 1 atom stereocenters. The molecular weight excluding hydrogens is 440 g/mol. The fourth-order valence-electron chi connectivity index (χ4n) is 5.40. The van der Waals surface area contributed by atoms with Gasteiger partial charge in [0.05, 0.1) is 0 Å². The summed E-state index contributed by atoms with van der Waals surface area (Å²) in [4.78, 5) is 30.3. The topological polar surface area (TPSA) is 106 Å². The lowest BCUT2D eigenvalue weighted by Crippen LogP contribution is -2.31. The van der Waals surface area contributed by atoms with E-state index in [1.807, 2.05) is 13.1 Å². The van der Waals surface area contributed by atoms with Crippen LogP contribution < -0.4 is 5.32 Å². The molecule has 186 valence electrons. The molecule has 2 aliphatic rings. The Bertz CT molecular complexity index is 1240. The third-order valence-electron chi connectivity index (χ3n) is 8.19. The number of hydrogen-bond acceptors (Lipinski definition) is 6. The minimum absolute atomic E-state index is 0.200. The molecule has 8 nitrogen and oxygen atoms in total. The van der Waals surface area contributed by atoms with Crippen molar-refractivity contribution in [1.82, 2.24) is 24.5 Å². The Kier molecular flexibility index (Phi) is 6.47. The quantitative estimate of drug-likeness (QED) is 0.455. The van der Waals surface area contributed by atoms with Gasteiger partial charge in [-0.25, -0.2) is 19.7 Å². The van der Waals surface area contributed by atoms with Gasteiger partial charge in [0.15, 0.2) is 17.3 Å². The van der Waals surface area contributed by atoms with Crippen LogP contribution in [0.15, 0.2) is 12.3 Å². The first-order valence-electron chi connectivity index (χ1n) is 13.0. The highest BCUT2D eigenvalue weighted by atomic mass is 16.4. The second-order valence-corrected chi connectivity index (χ2v) is 10.8. The van der Waals surface area contributed by atoms with Gasteiger partial charge in [0.25, 0.3) is 0 Å². The number of imidazole rings is 1. The summed E-state index contributed by atoms with van der Waals surface area (Å²) in [6.07, 6.45) is 10.3. The molecule has 2 N–H and O–H groups in total. The van der Waals surface area contributed by atoms with Gasteiger partial charge >= 0.3 is 5.97 Å². The Balaban J connectivity index is 1.65. The molecule has 35 heavy (non-hydrogen) atoms. The number of anilines is 1. The number of nitrogens with one attached hydrogen (secondary N) is 1. The Labute approximate surface area is 206 Å². The molecule has 0 aliphatic heterocycles. The van der Waals surface area contributed by atoms with E-state index < -0.39 is 5.97 Å². The summed E-state index contributed by atoms with van der Waals surface area (Å²) in [6, 6.07) is 2.26. The zero-order valence-corrected chi connectivity index (χ0v) is 21.2. The van der Waals surface area contributed by atoms with E-state index in [1.54, 1.807) is 0 Å². The molecule has 0 bridgehead atoms. The summed E-state index contributed by atoms with van der Waals surface area (Å²) in [5.41, 5.74) is 4.26. The number of aromatic nitrogens is 5. The minimum Gasteiger partial charge on any atom is -0.475 e. The van der Waals surface area contributed by atoms with Gasteiger partial charge in [-0.05, 0) is 81.4 Å². The summed E-state index contributed by atoms with van der Waals surface area (Å²) in [7, 11) is 0. The van der Waals surface area contributed by atoms with Crippen LogP contribution in [0.1, 0.15) is 80.5 Å². The van der Waals surface area contributed by atoms with Gasteiger partial charge < -0.3 is 15.0 Å². The fraction of sp³-hybridized carbons (Fsp3) is 0.593. The monoisotopic (exact) mass is 476 g/mol. The molecule has 2 saturated carbocycles. The highest BCUT2D eigenvalue weighted by Crippen LogP contribution is 2.36. The van der Waals surface area contributed by atoms with Gasteiger partial charge in [0, 0.05) is 18.8 Å². The predicted octanol–water partition coefficient (Wildman–Crippen LogP) is 5.63.